The Morgan fingerprint density at radius 3 is 2.50 bits per heavy atom. The SMILES string of the molecule is CNCC[Te]C. The van der Waals surface area contributed by atoms with Gasteiger partial charge in [0.05, 0.1) is 0 Å². The minimum atomic E-state index is 0.401. The normalized spacial score (nSPS) is 9.00. The Morgan fingerprint density at radius 1 is 1.67 bits per heavy atom. The van der Waals surface area contributed by atoms with Crippen LogP contribution in [-0.2, 0) is 0 Å². The molecule has 0 aliphatic carbocycles. The van der Waals surface area contributed by atoms with Crippen molar-refractivity contribution in [3.05, 3.63) is 0 Å². The Balaban J connectivity index is 2.34. The molecule has 0 rings (SSSR count). The van der Waals surface area contributed by atoms with Crippen molar-refractivity contribution in [1.29, 1.82) is 0 Å². The van der Waals surface area contributed by atoms with Crippen molar-refractivity contribution in [2.45, 2.75) is 9.44 Å². The summed E-state index contributed by atoms with van der Waals surface area (Å²) < 4.78 is 1.43. The molecule has 0 unspecified atom stereocenters. The second-order valence-corrected chi connectivity index (χ2v) is 3.91. The third-order valence-electron chi connectivity index (χ3n) is 0.556. The quantitative estimate of drug-likeness (QED) is 0.513. The van der Waals surface area contributed by atoms with Crippen molar-refractivity contribution < 1.29 is 0 Å². The van der Waals surface area contributed by atoms with Gasteiger partial charge in [-0.1, -0.05) is 0 Å². The van der Waals surface area contributed by atoms with Gasteiger partial charge in [0.25, 0.3) is 0 Å². The summed E-state index contributed by atoms with van der Waals surface area (Å²) in [5, 5.41) is 3.10. The van der Waals surface area contributed by atoms with E-state index in [4.69, 9.17) is 0 Å². The maximum atomic E-state index is 3.10. The van der Waals surface area contributed by atoms with Gasteiger partial charge in [0.2, 0.25) is 0 Å². The first kappa shape index (κ1) is 6.75. The molecule has 0 spiro atoms. The topological polar surface area (TPSA) is 12.0 Å². The van der Waals surface area contributed by atoms with E-state index < -0.39 is 0 Å². The van der Waals surface area contributed by atoms with E-state index in [1.54, 1.807) is 0 Å². The molecule has 1 N–H and O–H groups in total. The molecule has 0 aromatic rings. The van der Waals surface area contributed by atoms with Gasteiger partial charge in [-0.2, -0.15) is 0 Å². The van der Waals surface area contributed by atoms with Crippen LogP contribution < -0.4 is 5.32 Å². The van der Waals surface area contributed by atoms with Gasteiger partial charge in [-0.3, -0.25) is 0 Å². The third-order valence-corrected chi connectivity index (χ3v) is 2.30. The Hall–Kier alpha value is 0.750. The van der Waals surface area contributed by atoms with E-state index in [9.17, 15) is 0 Å². The van der Waals surface area contributed by atoms with Crippen molar-refractivity contribution in [3.63, 3.8) is 0 Å². The van der Waals surface area contributed by atoms with Crippen molar-refractivity contribution in [1.82, 2.24) is 5.32 Å². The zero-order valence-electron chi connectivity index (χ0n) is 4.32. The van der Waals surface area contributed by atoms with Gasteiger partial charge in [-0.25, -0.2) is 0 Å². The monoisotopic (exact) mass is 203 g/mol. The van der Waals surface area contributed by atoms with Crippen LogP contribution in [0.25, 0.3) is 0 Å². The van der Waals surface area contributed by atoms with E-state index in [0.29, 0.717) is 20.9 Å². The van der Waals surface area contributed by atoms with Gasteiger partial charge < -0.3 is 0 Å². The average Bonchev–Trinajstić information content (AvgIpc) is 1.61. The van der Waals surface area contributed by atoms with Crippen molar-refractivity contribution >= 4 is 20.9 Å². The number of nitrogens with one attached hydrogen (secondary N) is 1. The summed E-state index contributed by atoms with van der Waals surface area (Å²) in [5.74, 6) is 0. The molecular weight excluding hydrogens is 190 g/mol. The van der Waals surface area contributed by atoms with Crippen LogP contribution in [0.4, 0.5) is 0 Å². The standard InChI is InChI=1S/C4H11NTe/c1-5-3-4-6-2/h5H,3-4H2,1-2H3. The first-order valence-corrected chi connectivity index (χ1v) is 6.03. The van der Waals surface area contributed by atoms with Gasteiger partial charge in [-0.15, -0.1) is 0 Å². The van der Waals surface area contributed by atoms with Gasteiger partial charge in [-0.05, 0) is 0 Å². The molecule has 0 saturated heterocycles. The van der Waals surface area contributed by atoms with Crippen LogP contribution in [0, 0.1) is 0 Å². The van der Waals surface area contributed by atoms with Gasteiger partial charge in [0.15, 0.2) is 0 Å². The van der Waals surface area contributed by atoms with E-state index in [1.807, 2.05) is 7.05 Å². The Bertz CT molecular complexity index is 19.5. The van der Waals surface area contributed by atoms with Crippen LogP contribution in [0.5, 0.6) is 0 Å². The average molecular weight is 201 g/mol. The fourth-order valence-electron chi connectivity index (χ4n) is 0.204. The van der Waals surface area contributed by atoms with Crippen LogP contribution in [0.2, 0.25) is 9.44 Å². The predicted octanol–water partition coefficient (Wildman–Crippen LogP) is 0.376. The first-order chi connectivity index (χ1) is 2.91. The van der Waals surface area contributed by atoms with Crippen molar-refractivity contribution in [3.8, 4) is 0 Å². The molecule has 0 fully saturated rings. The summed E-state index contributed by atoms with van der Waals surface area (Å²) in [4.78, 5) is 2.32. The number of hydrogen-bond donors (Lipinski definition) is 1. The van der Waals surface area contributed by atoms with Crippen LogP contribution in [0.1, 0.15) is 0 Å². The van der Waals surface area contributed by atoms with E-state index in [2.05, 4.69) is 10.3 Å². The van der Waals surface area contributed by atoms with Crippen molar-refractivity contribution in [2.24, 2.45) is 0 Å². The second kappa shape index (κ2) is 5.75. The first-order valence-electron chi connectivity index (χ1n) is 2.05. The molecule has 2 heteroatoms. The molecule has 0 radical (unpaired) electrons. The summed E-state index contributed by atoms with van der Waals surface area (Å²) in [7, 11) is 2.00. The molecule has 0 aromatic heterocycles. The summed E-state index contributed by atoms with van der Waals surface area (Å²) in [5.41, 5.74) is 0. The molecule has 0 heterocycles. The summed E-state index contributed by atoms with van der Waals surface area (Å²) in [6.45, 7) is 1.22. The molecule has 0 atom stereocenters. The van der Waals surface area contributed by atoms with Gasteiger partial charge in [0.1, 0.15) is 0 Å². The van der Waals surface area contributed by atoms with Gasteiger partial charge >= 0.3 is 49.3 Å². The second-order valence-electron chi connectivity index (χ2n) is 1.10. The van der Waals surface area contributed by atoms with Crippen LogP contribution >= 0.6 is 0 Å². The molecule has 1 nitrogen and oxygen atoms in total. The van der Waals surface area contributed by atoms with Crippen LogP contribution in [-0.4, -0.2) is 34.5 Å². The molecular formula is C4H11NTe. The van der Waals surface area contributed by atoms with E-state index in [0.717, 1.165) is 0 Å². The van der Waals surface area contributed by atoms with Crippen LogP contribution in [0.15, 0.2) is 0 Å². The number of hydrogen-bond acceptors (Lipinski definition) is 1. The van der Waals surface area contributed by atoms with E-state index in [1.165, 1.54) is 11.0 Å². The molecule has 0 saturated carbocycles. The number of rotatable bonds is 3. The van der Waals surface area contributed by atoms with E-state index >= 15 is 0 Å². The Kier molecular flexibility index (Phi) is 6.47. The van der Waals surface area contributed by atoms with E-state index in [-0.39, 0.29) is 0 Å². The zero-order valence-corrected chi connectivity index (χ0v) is 6.65. The summed E-state index contributed by atoms with van der Waals surface area (Å²) in [6, 6.07) is 0. The Labute approximate surface area is 49.6 Å². The van der Waals surface area contributed by atoms with Crippen molar-refractivity contribution in [2.75, 3.05) is 13.6 Å². The maximum absolute atomic E-state index is 3.10. The van der Waals surface area contributed by atoms with Crippen LogP contribution in [0.3, 0.4) is 0 Å². The fourth-order valence-corrected chi connectivity index (χ4v) is 1.37. The predicted molar refractivity (Wildman–Crippen MR) is 30.4 cm³/mol. The molecule has 0 aliphatic rings. The third kappa shape index (κ3) is 4.75. The molecule has 6 heavy (non-hydrogen) atoms. The fraction of sp³-hybridized carbons (Fsp3) is 1.00. The molecule has 0 amide bonds. The zero-order chi connectivity index (χ0) is 4.83. The summed E-state index contributed by atoms with van der Waals surface area (Å²) >= 11 is 0.401. The molecule has 0 aromatic carbocycles. The van der Waals surface area contributed by atoms with Gasteiger partial charge in [0, 0.05) is 0 Å². The summed E-state index contributed by atoms with van der Waals surface area (Å²) in [6.07, 6.45) is 0. The minimum absolute atomic E-state index is 0.401. The molecule has 38 valence electrons. The molecule has 0 bridgehead atoms. The molecule has 0 aliphatic heterocycles. The Morgan fingerprint density at radius 2 is 2.33 bits per heavy atom.